The zero-order valence-corrected chi connectivity index (χ0v) is 17.6. The van der Waals surface area contributed by atoms with E-state index in [9.17, 15) is 14.3 Å². The van der Waals surface area contributed by atoms with Gasteiger partial charge in [-0.1, -0.05) is 24.6 Å². The summed E-state index contributed by atoms with van der Waals surface area (Å²) in [7, 11) is 0. The van der Waals surface area contributed by atoms with E-state index in [0.29, 0.717) is 33.7 Å². The van der Waals surface area contributed by atoms with E-state index in [1.807, 2.05) is 13.0 Å². The topological polar surface area (TPSA) is 46.5 Å². The number of aliphatic hydroxyl groups excluding tert-OH is 1. The molecule has 2 aromatic carbocycles. The quantitative estimate of drug-likeness (QED) is 0.589. The summed E-state index contributed by atoms with van der Waals surface area (Å²) in [5.41, 5.74) is 2.13. The fourth-order valence-electron chi connectivity index (χ4n) is 5.80. The average Bonchev–Trinajstić information content (AvgIpc) is 3.03. The highest BCUT2D eigenvalue weighted by Crippen LogP contribution is 2.57. The highest BCUT2D eigenvalue weighted by atomic mass is 35.5. The molecule has 2 unspecified atom stereocenters. The summed E-state index contributed by atoms with van der Waals surface area (Å²) >= 11 is 5.82. The van der Waals surface area contributed by atoms with E-state index in [2.05, 4.69) is 0 Å². The van der Waals surface area contributed by atoms with E-state index in [-0.39, 0.29) is 29.1 Å². The van der Waals surface area contributed by atoms with Crippen molar-refractivity contribution in [1.29, 1.82) is 0 Å². The van der Waals surface area contributed by atoms with Gasteiger partial charge >= 0.3 is 0 Å². The highest BCUT2D eigenvalue weighted by Gasteiger charge is 2.54. The van der Waals surface area contributed by atoms with Crippen molar-refractivity contribution >= 4 is 23.0 Å². The molecule has 2 bridgehead atoms. The molecule has 0 saturated heterocycles. The van der Waals surface area contributed by atoms with Gasteiger partial charge in [-0.15, -0.1) is 0 Å². The Bertz CT molecular complexity index is 1050. The van der Waals surface area contributed by atoms with Crippen LogP contribution in [0.15, 0.2) is 42.2 Å². The Morgan fingerprint density at radius 2 is 1.77 bits per heavy atom. The van der Waals surface area contributed by atoms with Gasteiger partial charge < -0.3 is 9.84 Å². The highest BCUT2D eigenvalue weighted by molar-refractivity contribution is 6.30. The van der Waals surface area contributed by atoms with E-state index in [1.54, 1.807) is 18.2 Å². The Hall–Kier alpha value is -2.33. The number of carbonyl (C=O) groups is 1. The van der Waals surface area contributed by atoms with E-state index < -0.39 is 5.82 Å². The number of ketones is 1. The second-order valence-corrected chi connectivity index (χ2v) is 9.14. The molecule has 0 radical (unpaired) electrons. The maximum Gasteiger partial charge on any atom is 0.170 e. The maximum absolute atomic E-state index is 14.2. The number of hydrogen-bond donors (Lipinski definition) is 1. The molecular formula is C25H24ClFO3. The van der Waals surface area contributed by atoms with E-state index in [0.717, 1.165) is 37.7 Å². The fourth-order valence-corrected chi connectivity index (χ4v) is 5.95. The number of benzene rings is 2. The van der Waals surface area contributed by atoms with Crippen LogP contribution in [0, 0.1) is 29.5 Å². The Morgan fingerprint density at radius 3 is 2.40 bits per heavy atom. The third-order valence-electron chi connectivity index (χ3n) is 7.19. The summed E-state index contributed by atoms with van der Waals surface area (Å²) in [5, 5.41) is 11.4. The van der Waals surface area contributed by atoms with Gasteiger partial charge in [0, 0.05) is 16.9 Å². The van der Waals surface area contributed by atoms with Crippen molar-refractivity contribution in [2.24, 2.45) is 23.7 Å². The van der Waals surface area contributed by atoms with Crippen molar-refractivity contribution < 1.29 is 19.0 Å². The van der Waals surface area contributed by atoms with Crippen LogP contribution in [-0.4, -0.2) is 10.9 Å². The van der Waals surface area contributed by atoms with Crippen LogP contribution in [0.4, 0.5) is 4.39 Å². The number of aryl methyl sites for hydroxylation is 1. The largest absolute Gasteiger partial charge is 0.511 e. The molecule has 0 amide bonds. The lowest BCUT2D eigenvalue weighted by atomic mass is 9.59. The number of halogens is 2. The summed E-state index contributed by atoms with van der Waals surface area (Å²) in [6.45, 7) is 2.02. The van der Waals surface area contributed by atoms with Crippen LogP contribution in [-0.2, 0) is 11.2 Å². The van der Waals surface area contributed by atoms with Crippen molar-refractivity contribution in [3.05, 3.63) is 64.1 Å². The number of carbonyl (C=O) groups excluding carboxylic acids is 1. The van der Waals surface area contributed by atoms with Crippen molar-refractivity contribution in [2.75, 3.05) is 0 Å². The van der Waals surface area contributed by atoms with Gasteiger partial charge in [-0.25, -0.2) is 4.39 Å². The number of hydrogen-bond acceptors (Lipinski definition) is 3. The predicted octanol–water partition coefficient (Wildman–Crippen LogP) is 6.74. The van der Waals surface area contributed by atoms with Crippen LogP contribution < -0.4 is 4.74 Å². The van der Waals surface area contributed by atoms with Crippen molar-refractivity contribution in [1.82, 2.24) is 0 Å². The molecule has 2 atom stereocenters. The number of ether oxygens (including phenoxy) is 1. The Balaban J connectivity index is 1.55. The number of allylic oxidation sites excluding steroid dienone is 2. The van der Waals surface area contributed by atoms with Crippen molar-refractivity contribution in [2.45, 2.75) is 39.0 Å². The number of rotatable bonds is 4. The number of aliphatic hydroxyl groups is 1. The van der Waals surface area contributed by atoms with Crippen LogP contribution in [0.2, 0.25) is 5.02 Å². The molecule has 5 heteroatoms. The fraction of sp³-hybridized carbons (Fsp3) is 0.400. The van der Waals surface area contributed by atoms with Crippen LogP contribution in [0.5, 0.6) is 11.5 Å². The summed E-state index contributed by atoms with van der Waals surface area (Å²) in [6.07, 6.45) is 5.07. The Morgan fingerprint density at radius 1 is 1.07 bits per heavy atom. The van der Waals surface area contributed by atoms with E-state index >= 15 is 0 Å². The summed E-state index contributed by atoms with van der Waals surface area (Å²) < 4.78 is 19.9. The summed E-state index contributed by atoms with van der Waals surface area (Å²) in [6, 6.07) is 9.67. The van der Waals surface area contributed by atoms with Crippen LogP contribution in [0.3, 0.4) is 0 Å². The predicted molar refractivity (Wildman–Crippen MR) is 114 cm³/mol. The molecular weight excluding hydrogens is 403 g/mol. The molecule has 30 heavy (non-hydrogen) atoms. The molecule has 156 valence electrons. The zero-order valence-electron chi connectivity index (χ0n) is 16.8. The number of Topliss-reactive ketones (excluding diaryl/α,β-unsaturated/α-hetero) is 1. The monoisotopic (exact) mass is 426 g/mol. The summed E-state index contributed by atoms with van der Waals surface area (Å²) in [5.74, 6) is 0.907. The maximum atomic E-state index is 14.2. The van der Waals surface area contributed by atoms with Gasteiger partial charge in [-0.2, -0.15) is 0 Å². The number of fused-ring (bicyclic) bond motifs is 2. The van der Waals surface area contributed by atoms with Crippen LogP contribution in [0.1, 0.15) is 43.7 Å². The third kappa shape index (κ3) is 3.04. The van der Waals surface area contributed by atoms with Crippen molar-refractivity contribution in [3.63, 3.8) is 0 Å². The second-order valence-electron chi connectivity index (χ2n) is 8.70. The molecule has 0 aliphatic heterocycles. The molecule has 4 aliphatic carbocycles. The minimum absolute atomic E-state index is 0.0389. The van der Waals surface area contributed by atoms with Gasteiger partial charge in [0.25, 0.3) is 0 Å². The third-order valence-corrected chi connectivity index (χ3v) is 7.43. The SMILES string of the molecule is CCc1ccc(Oc2ccc(Cl)cc2F)cc1C1=C(O)C2C3CCC(CC3)C2C1=O. The standard InChI is InChI=1S/C25H24ClFO3/c1-2-13-7-9-17(30-20-10-8-16(26)11-19(20)27)12-18(13)23-24(28)21-14-3-4-15(6-5-14)22(21)25(23)29/h7-12,14-15,21-22,28H,2-6H2,1H3. The second kappa shape index (κ2) is 7.42. The van der Waals surface area contributed by atoms with Gasteiger partial charge in [0.2, 0.25) is 0 Å². The zero-order chi connectivity index (χ0) is 21.0. The van der Waals surface area contributed by atoms with Gasteiger partial charge in [0.1, 0.15) is 11.5 Å². The minimum Gasteiger partial charge on any atom is -0.511 e. The Labute approximate surface area is 180 Å². The lowest BCUT2D eigenvalue weighted by Crippen LogP contribution is -2.41. The van der Waals surface area contributed by atoms with Gasteiger partial charge in [-0.3, -0.25) is 4.79 Å². The minimum atomic E-state index is -0.551. The van der Waals surface area contributed by atoms with Crippen molar-refractivity contribution in [3.8, 4) is 11.5 Å². The molecule has 0 aromatic heterocycles. The molecule has 2 aromatic rings. The first-order chi connectivity index (χ1) is 14.5. The first-order valence-electron chi connectivity index (χ1n) is 10.7. The lowest BCUT2D eigenvalue weighted by molar-refractivity contribution is -0.123. The van der Waals surface area contributed by atoms with Gasteiger partial charge in [0.05, 0.1) is 5.57 Å². The summed E-state index contributed by atoms with van der Waals surface area (Å²) in [4.78, 5) is 13.4. The van der Waals surface area contributed by atoms with E-state index in [1.165, 1.54) is 12.1 Å². The van der Waals surface area contributed by atoms with Gasteiger partial charge in [-0.05, 0) is 85.4 Å². The lowest BCUT2D eigenvalue weighted by Gasteiger charge is -2.44. The van der Waals surface area contributed by atoms with Gasteiger partial charge in [0.15, 0.2) is 17.3 Å². The molecule has 6 rings (SSSR count). The first kappa shape index (κ1) is 19.6. The molecule has 3 saturated carbocycles. The molecule has 1 N–H and O–H groups in total. The average molecular weight is 427 g/mol. The molecule has 3 fully saturated rings. The smallest absolute Gasteiger partial charge is 0.170 e. The normalized spacial score (nSPS) is 27.5. The molecule has 3 nitrogen and oxygen atoms in total. The molecule has 0 spiro atoms. The van der Waals surface area contributed by atoms with Crippen LogP contribution >= 0.6 is 11.6 Å². The molecule has 4 aliphatic rings. The molecule has 0 heterocycles. The Kier molecular flexibility index (Phi) is 4.85. The van der Waals surface area contributed by atoms with Crippen LogP contribution in [0.25, 0.3) is 5.57 Å². The first-order valence-corrected chi connectivity index (χ1v) is 11.1. The van der Waals surface area contributed by atoms with E-state index in [4.69, 9.17) is 16.3 Å².